The van der Waals surface area contributed by atoms with Crippen LogP contribution in [0.3, 0.4) is 0 Å². The van der Waals surface area contributed by atoms with E-state index in [0.29, 0.717) is 6.04 Å². The Morgan fingerprint density at radius 1 is 1.05 bits per heavy atom. The Bertz CT molecular complexity index is 418. The number of likely N-dealkylation sites (N-methyl/N-ethyl adjacent to an activating group) is 1. The van der Waals surface area contributed by atoms with Gasteiger partial charge in [0.1, 0.15) is 0 Å². The maximum Gasteiger partial charge on any atom is 0.0828 e. The molecule has 2 heteroatoms. The van der Waals surface area contributed by atoms with Crippen LogP contribution in [-0.4, -0.2) is 25.3 Å². The Kier molecular flexibility index (Phi) is 6.89. The molecule has 0 saturated heterocycles. The molecule has 1 unspecified atom stereocenters. The first-order chi connectivity index (χ1) is 9.93. The quantitative estimate of drug-likeness (QED) is 0.769. The fourth-order valence-electron chi connectivity index (χ4n) is 3.60. The number of methoxy groups -OCH3 is 1. The summed E-state index contributed by atoms with van der Waals surface area (Å²) in [5, 5.41) is 3.67. The van der Waals surface area contributed by atoms with Gasteiger partial charge in [-0.1, -0.05) is 38.5 Å². The van der Waals surface area contributed by atoms with Crippen molar-refractivity contribution >= 4 is 0 Å². The van der Waals surface area contributed by atoms with Crippen molar-refractivity contribution in [2.24, 2.45) is 0 Å². The van der Waals surface area contributed by atoms with Crippen LogP contribution in [0.1, 0.15) is 55.9 Å². The van der Waals surface area contributed by atoms with Crippen LogP contribution in [-0.2, 0) is 11.2 Å². The monoisotopic (exact) mass is 291 g/mol. The van der Waals surface area contributed by atoms with E-state index < -0.39 is 0 Å². The van der Waals surface area contributed by atoms with E-state index in [1.807, 2.05) is 7.11 Å². The summed E-state index contributed by atoms with van der Waals surface area (Å²) in [6, 6.07) is 4.93. The van der Waals surface area contributed by atoms with Gasteiger partial charge in [-0.25, -0.2) is 0 Å². The van der Waals surface area contributed by atoms with Gasteiger partial charge in [0.05, 0.1) is 5.60 Å². The topological polar surface area (TPSA) is 21.3 Å². The van der Waals surface area contributed by atoms with Crippen LogP contribution in [0.15, 0.2) is 12.1 Å². The zero-order valence-corrected chi connectivity index (χ0v) is 15.0. The van der Waals surface area contributed by atoms with E-state index in [1.54, 1.807) is 0 Å². The first-order valence-corrected chi connectivity index (χ1v) is 8.29. The van der Waals surface area contributed by atoms with Gasteiger partial charge in [-0.2, -0.15) is 0 Å². The third-order valence-electron chi connectivity index (χ3n) is 4.94. The van der Waals surface area contributed by atoms with Crippen LogP contribution in [0.4, 0.5) is 0 Å². The second-order valence-electron chi connectivity index (χ2n) is 6.17. The Morgan fingerprint density at radius 2 is 1.57 bits per heavy atom. The van der Waals surface area contributed by atoms with Crippen LogP contribution < -0.4 is 5.32 Å². The van der Waals surface area contributed by atoms with Crippen molar-refractivity contribution in [3.63, 3.8) is 0 Å². The Morgan fingerprint density at radius 3 is 1.95 bits per heavy atom. The van der Waals surface area contributed by atoms with Crippen molar-refractivity contribution in [2.75, 3.05) is 13.7 Å². The molecule has 0 amide bonds. The lowest BCUT2D eigenvalue weighted by Gasteiger charge is -2.39. The highest BCUT2D eigenvalue weighted by molar-refractivity contribution is 5.38. The standard InChI is InChI=1S/C19H33NO/c1-8-19(9-2,21-7)18(20-10-3)13-17-15(5)11-14(4)12-16(17)6/h11-12,18,20H,8-10,13H2,1-7H3. The number of nitrogens with one attached hydrogen (secondary N) is 1. The van der Waals surface area contributed by atoms with Gasteiger partial charge in [-0.05, 0) is 63.3 Å². The van der Waals surface area contributed by atoms with Gasteiger partial charge in [0, 0.05) is 13.2 Å². The molecule has 21 heavy (non-hydrogen) atoms. The molecule has 1 atom stereocenters. The van der Waals surface area contributed by atoms with E-state index in [1.165, 1.54) is 22.3 Å². The van der Waals surface area contributed by atoms with Gasteiger partial charge in [0.2, 0.25) is 0 Å². The number of hydrogen-bond acceptors (Lipinski definition) is 2. The van der Waals surface area contributed by atoms with Gasteiger partial charge >= 0.3 is 0 Å². The lowest BCUT2D eigenvalue weighted by atomic mass is 9.82. The van der Waals surface area contributed by atoms with Crippen LogP contribution >= 0.6 is 0 Å². The molecule has 1 N–H and O–H groups in total. The Labute approximate surface area is 131 Å². The molecule has 0 aromatic heterocycles. The average molecular weight is 291 g/mol. The van der Waals surface area contributed by atoms with Gasteiger partial charge in [0.25, 0.3) is 0 Å². The maximum absolute atomic E-state index is 5.96. The molecule has 0 saturated carbocycles. The average Bonchev–Trinajstić information content (AvgIpc) is 2.45. The zero-order chi connectivity index (χ0) is 16.0. The fraction of sp³-hybridized carbons (Fsp3) is 0.684. The van der Waals surface area contributed by atoms with Crippen LogP contribution in [0.2, 0.25) is 0 Å². The van der Waals surface area contributed by atoms with Gasteiger partial charge in [-0.15, -0.1) is 0 Å². The van der Waals surface area contributed by atoms with Crippen LogP contribution in [0.25, 0.3) is 0 Å². The molecule has 0 aliphatic heterocycles. The highest BCUT2D eigenvalue weighted by Crippen LogP contribution is 2.28. The number of ether oxygens (including phenoxy) is 1. The van der Waals surface area contributed by atoms with Crippen molar-refractivity contribution in [3.8, 4) is 0 Å². The molecule has 0 bridgehead atoms. The SMILES string of the molecule is CCNC(Cc1c(C)cc(C)cc1C)C(CC)(CC)OC. The zero-order valence-electron chi connectivity index (χ0n) is 15.0. The number of benzene rings is 1. The van der Waals surface area contributed by atoms with E-state index in [4.69, 9.17) is 4.74 Å². The molecule has 0 aliphatic carbocycles. The van der Waals surface area contributed by atoms with E-state index >= 15 is 0 Å². The molecule has 0 fully saturated rings. The molecule has 120 valence electrons. The number of hydrogen-bond donors (Lipinski definition) is 1. The van der Waals surface area contributed by atoms with E-state index in [-0.39, 0.29) is 5.60 Å². The third-order valence-corrected chi connectivity index (χ3v) is 4.94. The summed E-state index contributed by atoms with van der Waals surface area (Å²) in [5.74, 6) is 0. The molecule has 1 aromatic carbocycles. The van der Waals surface area contributed by atoms with Crippen molar-refractivity contribution in [3.05, 3.63) is 34.4 Å². The lowest BCUT2D eigenvalue weighted by Crippen LogP contribution is -2.52. The molecular weight excluding hydrogens is 258 g/mol. The molecule has 0 aliphatic rings. The predicted octanol–water partition coefficient (Wildman–Crippen LogP) is 4.34. The Hall–Kier alpha value is -0.860. The van der Waals surface area contributed by atoms with Crippen molar-refractivity contribution in [2.45, 2.75) is 72.4 Å². The molecule has 0 heterocycles. The minimum atomic E-state index is -0.0836. The largest absolute Gasteiger partial charge is 0.377 e. The highest BCUT2D eigenvalue weighted by Gasteiger charge is 2.35. The molecule has 0 spiro atoms. The van der Waals surface area contributed by atoms with Crippen LogP contribution in [0.5, 0.6) is 0 Å². The molecule has 2 nitrogen and oxygen atoms in total. The normalized spacial score (nSPS) is 13.5. The van der Waals surface area contributed by atoms with E-state index in [9.17, 15) is 0 Å². The summed E-state index contributed by atoms with van der Waals surface area (Å²) < 4.78 is 5.96. The molecular formula is C19H33NO. The minimum absolute atomic E-state index is 0.0836. The molecule has 1 aromatic rings. The van der Waals surface area contributed by atoms with E-state index in [0.717, 1.165) is 25.8 Å². The second-order valence-corrected chi connectivity index (χ2v) is 6.17. The summed E-state index contributed by atoms with van der Waals surface area (Å²) >= 11 is 0. The Balaban J connectivity index is 3.14. The smallest absolute Gasteiger partial charge is 0.0828 e. The second kappa shape index (κ2) is 7.95. The van der Waals surface area contributed by atoms with Crippen molar-refractivity contribution in [1.29, 1.82) is 0 Å². The predicted molar refractivity (Wildman–Crippen MR) is 92.1 cm³/mol. The summed E-state index contributed by atoms with van der Waals surface area (Å²) in [6.07, 6.45) is 3.09. The molecule has 0 radical (unpaired) electrons. The van der Waals surface area contributed by atoms with Crippen molar-refractivity contribution in [1.82, 2.24) is 5.32 Å². The lowest BCUT2D eigenvalue weighted by molar-refractivity contribution is -0.0469. The third kappa shape index (κ3) is 4.08. The first-order valence-electron chi connectivity index (χ1n) is 8.29. The fourth-order valence-corrected chi connectivity index (χ4v) is 3.60. The van der Waals surface area contributed by atoms with Crippen LogP contribution in [0, 0.1) is 20.8 Å². The first kappa shape index (κ1) is 18.2. The number of aryl methyl sites for hydroxylation is 3. The highest BCUT2D eigenvalue weighted by atomic mass is 16.5. The summed E-state index contributed by atoms with van der Waals surface area (Å²) in [7, 11) is 1.85. The van der Waals surface area contributed by atoms with Gasteiger partial charge in [-0.3, -0.25) is 0 Å². The maximum atomic E-state index is 5.96. The summed E-state index contributed by atoms with van der Waals surface area (Å²) in [6.45, 7) is 14.2. The van der Waals surface area contributed by atoms with Gasteiger partial charge < -0.3 is 10.1 Å². The molecule has 1 rings (SSSR count). The van der Waals surface area contributed by atoms with E-state index in [2.05, 4.69) is 59.0 Å². The summed E-state index contributed by atoms with van der Waals surface area (Å²) in [4.78, 5) is 0. The number of rotatable bonds is 8. The summed E-state index contributed by atoms with van der Waals surface area (Å²) in [5.41, 5.74) is 5.52. The van der Waals surface area contributed by atoms with Crippen molar-refractivity contribution < 1.29 is 4.74 Å². The van der Waals surface area contributed by atoms with Gasteiger partial charge in [0.15, 0.2) is 0 Å². The minimum Gasteiger partial charge on any atom is -0.377 e.